The molecule has 5 heteroatoms. The number of thiocarbonyl (C=S) groups is 1. The minimum atomic E-state index is -0.279. The van der Waals surface area contributed by atoms with Gasteiger partial charge < -0.3 is 5.32 Å². The molecule has 0 aliphatic rings. The summed E-state index contributed by atoms with van der Waals surface area (Å²) in [6, 6.07) is 6.21. The van der Waals surface area contributed by atoms with Crippen LogP contribution in [0.5, 0.6) is 0 Å². The minimum absolute atomic E-state index is 0.279. The first-order valence-corrected chi connectivity index (χ1v) is 6.45. The van der Waals surface area contributed by atoms with E-state index in [4.69, 9.17) is 12.2 Å². The number of benzene rings is 1. The van der Waals surface area contributed by atoms with E-state index in [1.54, 1.807) is 12.1 Å². The van der Waals surface area contributed by atoms with Crippen LogP contribution in [0.15, 0.2) is 29.4 Å². The predicted molar refractivity (Wildman–Crippen MR) is 77.3 cm³/mol. The van der Waals surface area contributed by atoms with Gasteiger partial charge in [-0.25, -0.2) is 4.39 Å². The first-order valence-electron chi connectivity index (χ1n) is 6.05. The Labute approximate surface area is 112 Å². The Kier molecular flexibility index (Phi) is 6.94. The zero-order chi connectivity index (χ0) is 13.2. The van der Waals surface area contributed by atoms with Crippen LogP contribution in [0.4, 0.5) is 4.39 Å². The van der Waals surface area contributed by atoms with Crippen molar-refractivity contribution in [1.29, 1.82) is 0 Å². The molecule has 0 saturated carbocycles. The summed E-state index contributed by atoms with van der Waals surface area (Å²) in [4.78, 5) is 0. The molecule has 1 rings (SSSR count). The third-order valence-corrected chi connectivity index (χ3v) is 2.53. The zero-order valence-electron chi connectivity index (χ0n) is 10.4. The van der Waals surface area contributed by atoms with Crippen molar-refractivity contribution in [3.05, 3.63) is 35.6 Å². The van der Waals surface area contributed by atoms with Crippen molar-refractivity contribution < 1.29 is 4.39 Å². The molecule has 1 aromatic carbocycles. The fourth-order valence-electron chi connectivity index (χ4n) is 1.37. The van der Waals surface area contributed by atoms with Gasteiger partial charge in [-0.15, -0.1) is 0 Å². The second-order valence-electron chi connectivity index (χ2n) is 3.89. The van der Waals surface area contributed by atoms with Crippen LogP contribution in [-0.2, 0) is 0 Å². The molecule has 0 saturated heterocycles. The largest absolute Gasteiger partial charge is 0.361 e. The van der Waals surface area contributed by atoms with Crippen molar-refractivity contribution >= 4 is 23.5 Å². The first kappa shape index (κ1) is 14.6. The Morgan fingerprint density at radius 3 is 3.00 bits per heavy atom. The van der Waals surface area contributed by atoms with Crippen molar-refractivity contribution in [2.45, 2.75) is 26.2 Å². The van der Waals surface area contributed by atoms with Gasteiger partial charge in [0.25, 0.3) is 0 Å². The number of rotatable bonds is 6. The summed E-state index contributed by atoms with van der Waals surface area (Å²) in [5.74, 6) is -0.279. The van der Waals surface area contributed by atoms with Gasteiger partial charge in [0.2, 0.25) is 0 Å². The second kappa shape index (κ2) is 8.58. The van der Waals surface area contributed by atoms with Gasteiger partial charge in [-0.1, -0.05) is 31.9 Å². The summed E-state index contributed by atoms with van der Waals surface area (Å²) in [7, 11) is 0. The molecule has 2 N–H and O–H groups in total. The van der Waals surface area contributed by atoms with Crippen LogP contribution in [0.3, 0.4) is 0 Å². The van der Waals surface area contributed by atoms with Crippen molar-refractivity contribution in [2.24, 2.45) is 5.10 Å². The van der Waals surface area contributed by atoms with E-state index in [0.29, 0.717) is 10.7 Å². The maximum absolute atomic E-state index is 12.9. The van der Waals surface area contributed by atoms with Gasteiger partial charge in [-0.05, 0) is 36.3 Å². The topological polar surface area (TPSA) is 36.4 Å². The normalized spacial score (nSPS) is 10.6. The highest BCUT2D eigenvalue weighted by molar-refractivity contribution is 7.80. The monoisotopic (exact) mass is 267 g/mol. The average Bonchev–Trinajstić information content (AvgIpc) is 2.35. The van der Waals surface area contributed by atoms with Crippen molar-refractivity contribution in [1.82, 2.24) is 10.7 Å². The van der Waals surface area contributed by atoms with Crippen molar-refractivity contribution in [3.63, 3.8) is 0 Å². The molecule has 0 spiro atoms. The Morgan fingerprint density at radius 2 is 2.28 bits per heavy atom. The van der Waals surface area contributed by atoms with E-state index in [2.05, 4.69) is 22.8 Å². The summed E-state index contributed by atoms with van der Waals surface area (Å²) in [5.41, 5.74) is 3.39. The molecule has 0 heterocycles. The lowest BCUT2D eigenvalue weighted by atomic mass is 10.2. The maximum Gasteiger partial charge on any atom is 0.186 e. The van der Waals surface area contributed by atoms with E-state index in [-0.39, 0.29) is 5.82 Å². The van der Waals surface area contributed by atoms with Gasteiger partial charge in [-0.2, -0.15) is 5.10 Å². The number of hydrazone groups is 1. The van der Waals surface area contributed by atoms with E-state index >= 15 is 0 Å². The van der Waals surface area contributed by atoms with Gasteiger partial charge in [0.05, 0.1) is 6.21 Å². The fraction of sp³-hybridized carbons (Fsp3) is 0.385. The van der Waals surface area contributed by atoms with E-state index in [0.717, 1.165) is 13.0 Å². The van der Waals surface area contributed by atoms with Crippen molar-refractivity contribution in [2.75, 3.05) is 6.54 Å². The highest BCUT2D eigenvalue weighted by Gasteiger charge is 1.93. The van der Waals surface area contributed by atoms with Crippen LogP contribution in [0.1, 0.15) is 31.7 Å². The minimum Gasteiger partial charge on any atom is -0.361 e. The highest BCUT2D eigenvalue weighted by atomic mass is 32.1. The summed E-state index contributed by atoms with van der Waals surface area (Å²) >= 11 is 5.03. The molecular weight excluding hydrogens is 249 g/mol. The average molecular weight is 267 g/mol. The zero-order valence-corrected chi connectivity index (χ0v) is 11.3. The molecule has 1 aromatic rings. The van der Waals surface area contributed by atoms with Crippen LogP contribution in [-0.4, -0.2) is 17.9 Å². The molecule has 18 heavy (non-hydrogen) atoms. The molecule has 0 aromatic heterocycles. The van der Waals surface area contributed by atoms with E-state index in [9.17, 15) is 4.39 Å². The van der Waals surface area contributed by atoms with Gasteiger partial charge in [0, 0.05) is 6.54 Å². The molecule has 0 bridgehead atoms. The molecule has 0 atom stereocenters. The molecule has 0 amide bonds. The SMILES string of the molecule is CCCCCNC(=S)N/N=C\c1cccc(F)c1. The number of nitrogens with one attached hydrogen (secondary N) is 2. The smallest absolute Gasteiger partial charge is 0.186 e. The standard InChI is InChI=1S/C13H18FN3S/c1-2-3-4-8-15-13(18)17-16-10-11-6-5-7-12(14)9-11/h5-7,9-10H,2-4,8H2,1H3,(H2,15,17,18)/b16-10-. The summed E-state index contributed by atoms with van der Waals surface area (Å²) < 4.78 is 12.9. The third kappa shape index (κ3) is 6.30. The molecular formula is C13H18FN3S. The Bertz CT molecular complexity index is 407. The second-order valence-corrected chi connectivity index (χ2v) is 4.30. The number of nitrogens with zero attached hydrogens (tertiary/aromatic N) is 1. The van der Waals surface area contributed by atoms with Crippen molar-refractivity contribution in [3.8, 4) is 0 Å². The first-order chi connectivity index (χ1) is 8.72. The Balaban J connectivity index is 2.25. The van der Waals surface area contributed by atoms with Gasteiger partial charge in [0.1, 0.15) is 5.82 Å². The van der Waals surface area contributed by atoms with Crippen LogP contribution in [0.2, 0.25) is 0 Å². The number of hydrogen-bond acceptors (Lipinski definition) is 2. The number of unbranched alkanes of at least 4 members (excludes halogenated alkanes) is 2. The lowest BCUT2D eigenvalue weighted by Crippen LogP contribution is -2.32. The quantitative estimate of drug-likeness (QED) is 0.360. The fourth-order valence-corrected chi connectivity index (χ4v) is 1.52. The summed E-state index contributed by atoms with van der Waals surface area (Å²) in [6.45, 7) is 3.00. The highest BCUT2D eigenvalue weighted by Crippen LogP contribution is 2.00. The summed E-state index contributed by atoms with van der Waals surface area (Å²) in [5, 5.41) is 7.47. The van der Waals surface area contributed by atoms with Crippen LogP contribution >= 0.6 is 12.2 Å². The van der Waals surface area contributed by atoms with E-state index < -0.39 is 0 Å². The third-order valence-electron chi connectivity index (χ3n) is 2.29. The molecule has 0 aliphatic heterocycles. The lowest BCUT2D eigenvalue weighted by Gasteiger charge is -2.05. The van der Waals surface area contributed by atoms with Gasteiger partial charge in [0.15, 0.2) is 5.11 Å². The molecule has 0 unspecified atom stereocenters. The molecule has 0 fully saturated rings. The van der Waals surface area contributed by atoms with Gasteiger partial charge >= 0.3 is 0 Å². The lowest BCUT2D eigenvalue weighted by molar-refractivity contribution is 0.627. The molecule has 3 nitrogen and oxygen atoms in total. The van der Waals surface area contributed by atoms with E-state index in [1.165, 1.54) is 31.2 Å². The van der Waals surface area contributed by atoms with Gasteiger partial charge in [-0.3, -0.25) is 5.43 Å². The summed E-state index contributed by atoms with van der Waals surface area (Å²) in [6.07, 6.45) is 4.98. The Morgan fingerprint density at radius 1 is 1.44 bits per heavy atom. The van der Waals surface area contributed by atoms with Crippen LogP contribution in [0, 0.1) is 5.82 Å². The van der Waals surface area contributed by atoms with E-state index in [1.807, 2.05) is 0 Å². The number of halogens is 1. The van der Waals surface area contributed by atoms with Crippen LogP contribution in [0.25, 0.3) is 0 Å². The number of hydrogen-bond donors (Lipinski definition) is 2. The maximum atomic E-state index is 12.9. The Hall–Kier alpha value is -1.49. The molecule has 0 aliphatic carbocycles. The molecule has 98 valence electrons. The van der Waals surface area contributed by atoms with Crippen LogP contribution < -0.4 is 10.7 Å². The predicted octanol–water partition coefficient (Wildman–Crippen LogP) is 2.81. The molecule has 0 radical (unpaired) electrons.